The molecule has 0 bridgehead atoms. The third kappa shape index (κ3) is 3.51. The Morgan fingerprint density at radius 1 is 1.27 bits per heavy atom. The van der Waals surface area contributed by atoms with Crippen LogP contribution in [0.3, 0.4) is 0 Å². The van der Waals surface area contributed by atoms with Crippen molar-refractivity contribution >= 4 is 5.82 Å². The quantitative estimate of drug-likeness (QED) is 0.773. The Kier molecular flexibility index (Phi) is 5.12. The fraction of sp³-hybridized carbons (Fsp3) is 0.583. The molecule has 0 aliphatic heterocycles. The van der Waals surface area contributed by atoms with Crippen molar-refractivity contribution in [2.45, 2.75) is 27.3 Å². The molecule has 0 atom stereocenters. The summed E-state index contributed by atoms with van der Waals surface area (Å²) in [4.78, 5) is 6.65. The Balaban J connectivity index is 2.72. The first-order valence-electron chi connectivity index (χ1n) is 5.72. The highest BCUT2D eigenvalue weighted by atomic mass is 15.2. The Bertz CT molecular complexity index is 282. The van der Waals surface area contributed by atoms with Gasteiger partial charge >= 0.3 is 0 Å². The van der Waals surface area contributed by atoms with Gasteiger partial charge in [0.15, 0.2) is 0 Å². The summed E-state index contributed by atoms with van der Waals surface area (Å²) in [5.74, 6) is 1.08. The molecule has 1 N–H and O–H groups in total. The average molecular weight is 207 g/mol. The van der Waals surface area contributed by atoms with Crippen LogP contribution in [0.15, 0.2) is 18.3 Å². The van der Waals surface area contributed by atoms with Crippen LogP contribution in [0.2, 0.25) is 0 Å². The van der Waals surface area contributed by atoms with E-state index in [0.29, 0.717) is 0 Å². The molecule has 0 fully saturated rings. The maximum Gasteiger partial charge on any atom is 0.128 e. The molecule has 1 aromatic rings. The monoisotopic (exact) mass is 207 g/mol. The normalized spacial score (nSPS) is 10.3. The van der Waals surface area contributed by atoms with Gasteiger partial charge in [0.1, 0.15) is 5.82 Å². The molecule has 0 spiro atoms. The zero-order valence-electron chi connectivity index (χ0n) is 9.95. The number of nitrogens with one attached hydrogen (secondary N) is 1. The number of anilines is 1. The molecule has 3 heteroatoms. The van der Waals surface area contributed by atoms with Crippen LogP contribution in [-0.2, 0) is 6.54 Å². The van der Waals surface area contributed by atoms with Gasteiger partial charge < -0.3 is 10.2 Å². The van der Waals surface area contributed by atoms with Crippen LogP contribution < -0.4 is 10.2 Å². The van der Waals surface area contributed by atoms with Crippen molar-refractivity contribution in [3.63, 3.8) is 0 Å². The van der Waals surface area contributed by atoms with Crippen molar-refractivity contribution in [1.29, 1.82) is 0 Å². The van der Waals surface area contributed by atoms with Gasteiger partial charge in [-0.05, 0) is 38.1 Å². The van der Waals surface area contributed by atoms with E-state index in [1.807, 2.05) is 6.20 Å². The molecule has 0 radical (unpaired) electrons. The van der Waals surface area contributed by atoms with Gasteiger partial charge in [-0.2, -0.15) is 0 Å². The molecule has 0 amide bonds. The molecule has 0 saturated heterocycles. The third-order valence-electron chi connectivity index (χ3n) is 2.48. The first kappa shape index (κ1) is 12.0. The fourth-order valence-electron chi connectivity index (χ4n) is 1.56. The largest absolute Gasteiger partial charge is 0.357 e. The van der Waals surface area contributed by atoms with Crippen molar-refractivity contribution in [3.8, 4) is 0 Å². The van der Waals surface area contributed by atoms with E-state index in [4.69, 9.17) is 0 Å². The molecule has 0 aliphatic carbocycles. The molecule has 3 nitrogen and oxygen atoms in total. The molecule has 0 aromatic carbocycles. The van der Waals surface area contributed by atoms with Gasteiger partial charge in [-0.3, -0.25) is 0 Å². The lowest BCUT2D eigenvalue weighted by molar-refractivity contribution is 0.724. The summed E-state index contributed by atoms with van der Waals surface area (Å²) in [6.45, 7) is 10.4. The smallest absolute Gasteiger partial charge is 0.128 e. The lowest BCUT2D eigenvalue weighted by Gasteiger charge is -2.20. The predicted octanol–water partition coefficient (Wildman–Crippen LogP) is 2.04. The number of hydrogen-bond donors (Lipinski definition) is 1. The topological polar surface area (TPSA) is 28.2 Å². The first-order valence-corrected chi connectivity index (χ1v) is 5.72. The maximum atomic E-state index is 4.39. The van der Waals surface area contributed by atoms with Gasteiger partial charge in [0, 0.05) is 25.8 Å². The summed E-state index contributed by atoms with van der Waals surface area (Å²) in [7, 11) is 0. The second-order valence-electron chi connectivity index (χ2n) is 3.47. The zero-order chi connectivity index (χ0) is 11.1. The van der Waals surface area contributed by atoms with Crippen LogP contribution in [0, 0.1) is 0 Å². The summed E-state index contributed by atoms with van der Waals surface area (Å²) in [5.41, 5.74) is 1.30. The zero-order valence-corrected chi connectivity index (χ0v) is 9.95. The van der Waals surface area contributed by atoms with E-state index in [2.05, 4.69) is 48.1 Å². The van der Waals surface area contributed by atoms with Crippen LogP contribution in [0.25, 0.3) is 0 Å². The van der Waals surface area contributed by atoms with E-state index in [9.17, 15) is 0 Å². The minimum Gasteiger partial charge on any atom is -0.357 e. The van der Waals surface area contributed by atoms with Crippen LogP contribution in [0.4, 0.5) is 5.82 Å². The van der Waals surface area contributed by atoms with Gasteiger partial charge in [-0.1, -0.05) is 6.92 Å². The molecule has 84 valence electrons. The maximum absolute atomic E-state index is 4.39. The van der Waals surface area contributed by atoms with Crippen molar-refractivity contribution in [2.75, 3.05) is 24.5 Å². The van der Waals surface area contributed by atoms with E-state index in [1.54, 1.807) is 0 Å². The van der Waals surface area contributed by atoms with Crippen molar-refractivity contribution in [2.24, 2.45) is 0 Å². The Morgan fingerprint density at radius 2 is 2.00 bits per heavy atom. The number of nitrogens with zero attached hydrogens (tertiary/aromatic N) is 2. The average Bonchev–Trinajstić information content (AvgIpc) is 2.29. The molecule has 1 rings (SSSR count). The Morgan fingerprint density at radius 3 is 2.60 bits per heavy atom. The van der Waals surface area contributed by atoms with Gasteiger partial charge in [0.25, 0.3) is 0 Å². The van der Waals surface area contributed by atoms with Crippen molar-refractivity contribution in [3.05, 3.63) is 23.9 Å². The van der Waals surface area contributed by atoms with E-state index in [-0.39, 0.29) is 0 Å². The van der Waals surface area contributed by atoms with E-state index in [1.165, 1.54) is 5.56 Å². The predicted molar refractivity (Wildman–Crippen MR) is 65.2 cm³/mol. The lowest BCUT2D eigenvalue weighted by atomic mass is 10.2. The lowest BCUT2D eigenvalue weighted by Crippen LogP contribution is -2.23. The first-order chi connectivity index (χ1) is 7.31. The van der Waals surface area contributed by atoms with Crippen LogP contribution in [0.1, 0.15) is 26.3 Å². The van der Waals surface area contributed by atoms with Gasteiger partial charge in [0.2, 0.25) is 0 Å². The molecule has 15 heavy (non-hydrogen) atoms. The van der Waals surface area contributed by atoms with E-state index in [0.717, 1.165) is 32.0 Å². The number of hydrogen-bond acceptors (Lipinski definition) is 3. The summed E-state index contributed by atoms with van der Waals surface area (Å²) >= 11 is 0. The molecule has 0 aliphatic rings. The van der Waals surface area contributed by atoms with E-state index >= 15 is 0 Å². The van der Waals surface area contributed by atoms with Crippen LogP contribution >= 0.6 is 0 Å². The minimum atomic E-state index is 0.924. The fourth-order valence-corrected chi connectivity index (χ4v) is 1.56. The molecular formula is C12H21N3. The second kappa shape index (κ2) is 6.40. The number of rotatable bonds is 6. The van der Waals surface area contributed by atoms with Gasteiger partial charge in [0.05, 0.1) is 0 Å². The summed E-state index contributed by atoms with van der Waals surface area (Å²) in [6.07, 6.45) is 1.89. The summed E-state index contributed by atoms with van der Waals surface area (Å²) in [6, 6.07) is 4.23. The molecule has 0 unspecified atom stereocenters. The second-order valence-corrected chi connectivity index (χ2v) is 3.47. The summed E-state index contributed by atoms with van der Waals surface area (Å²) < 4.78 is 0. The van der Waals surface area contributed by atoms with Gasteiger partial charge in [-0.25, -0.2) is 4.98 Å². The van der Waals surface area contributed by atoms with Crippen molar-refractivity contribution in [1.82, 2.24) is 10.3 Å². The summed E-state index contributed by atoms with van der Waals surface area (Å²) in [5, 5.41) is 3.32. The van der Waals surface area contributed by atoms with Gasteiger partial charge in [-0.15, -0.1) is 0 Å². The van der Waals surface area contributed by atoms with Crippen molar-refractivity contribution < 1.29 is 0 Å². The third-order valence-corrected chi connectivity index (χ3v) is 2.48. The molecule has 0 saturated carbocycles. The van der Waals surface area contributed by atoms with Crippen LogP contribution in [-0.4, -0.2) is 24.6 Å². The highest BCUT2D eigenvalue weighted by molar-refractivity contribution is 5.40. The molecule has 1 aromatic heterocycles. The number of aromatic nitrogens is 1. The van der Waals surface area contributed by atoms with Crippen LogP contribution in [0.5, 0.6) is 0 Å². The SMILES string of the molecule is CCNCc1ccnc(N(CC)CC)c1. The highest BCUT2D eigenvalue weighted by Gasteiger charge is 2.03. The molecular weight excluding hydrogens is 186 g/mol. The Labute approximate surface area is 92.5 Å². The number of pyridine rings is 1. The highest BCUT2D eigenvalue weighted by Crippen LogP contribution is 2.11. The minimum absolute atomic E-state index is 0.924. The van der Waals surface area contributed by atoms with E-state index < -0.39 is 0 Å². The Hall–Kier alpha value is -1.09. The standard InChI is InChI=1S/C12H21N3/c1-4-13-10-11-7-8-14-12(9-11)15(5-2)6-3/h7-9,13H,4-6,10H2,1-3H3. The molecule has 1 heterocycles.